The first-order valence-electron chi connectivity index (χ1n) is 9.51. The van der Waals surface area contributed by atoms with Gasteiger partial charge in [-0.05, 0) is 45.1 Å². The van der Waals surface area contributed by atoms with Crippen molar-refractivity contribution in [1.82, 2.24) is 10.2 Å². The average molecular weight is 348 g/mol. The molecule has 0 bridgehead atoms. The predicted octanol–water partition coefficient (Wildman–Crippen LogP) is 2.19. The van der Waals surface area contributed by atoms with Crippen LogP contribution < -0.4 is 11.1 Å². The Morgan fingerprint density at radius 1 is 1.12 bits per heavy atom. The lowest BCUT2D eigenvalue weighted by molar-refractivity contribution is -0.123. The number of likely N-dealkylation sites (tertiary alicyclic amines) is 1. The Balaban J connectivity index is 0.000000181. The third kappa shape index (κ3) is 6.88. The number of nitrogens with zero attached hydrogens (tertiary/aromatic N) is 1. The summed E-state index contributed by atoms with van der Waals surface area (Å²) in [6, 6.07) is 0.193. The van der Waals surface area contributed by atoms with Crippen molar-refractivity contribution in [1.29, 1.82) is 5.41 Å². The molecular formula is C19H32N4O2. The summed E-state index contributed by atoms with van der Waals surface area (Å²) in [6.07, 6.45) is 11.9. The molecule has 4 N–H and O–H groups in total. The van der Waals surface area contributed by atoms with Gasteiger partial charge in [0, 0.05) is 42.4 Å². The van der Waals surface area contributed by atoms with Crippen LogP contribution in [0.5, 0.6) is 0 Å². The number of rotatable bonds is 5. The minimum absolute atomic E-state index is 0.178. The van der Waals surface area contributed by atoms with Crippen molar-refractivity contribution < 1.29 is 9.59 Å². The second-order valence-electron chi connectivity index (χ2n) is 7.55. The van der Waals surface area contributed by atoms with Gasteiger partial charge in [0.15, 0.2) is 0 Å². The SMILES string of the molecule is C/C(N)=C/C(=N)C1CCCCC1.O=CN1CCC(NC(=O)C2CC2)C1. The van der Waals surface area contributed by atoms with Crippen LogP contribution in [-0.4, -0.2) is 42.1 Å². The van der Waals surface area contributed by atoms with Crippen molar-refractivity contribution in [2.75, 3.05) is 13.1 Å². The first kappa shape index (κ1) is 19.5. The van der Waals surface area contributed by atoms with Gasteiger partial charge in [-0.1, -0.05) is 19.3 Å². The molecule has 1 atom stereocenters. The smallest absolute Gasteiger partial charge is 0.223 e. The van der Waals surface area contributed by atoms with Crippen molar-refractivity contribution in [3.8, 4) is 0 Å². The minimum atomic E-state index is 0.178. The van der Waals surface area contributed by atoms with Gasteiger partial charge in [-0.25, -0.2) is 0 Å². The van der Waals surface area contributed by atoms with Gasteiger partial charge in [-0.3, -0.25) is 9.59 Å². The van der Waals surface area contributed by atoms with E-state index < -0.39 is 0 Å². The fraction of sp³-hybridized carbons (Fsp3) is 0.737. The standard InChI is InChI=1S/C10H18N2.C9H14N2O2/c1-8(11)7-10(12)9-5-3-2-4-6-9;12-6-11-4-3-8(5-11)10-9(13)7-1-2-7/h7,9,12H,2-6,11H2,1H3;6-8H,1-5H2,(H,10,13)/b8-7-,12-10?;. The van der Waals surface area contributed by atoms with Gasteiger partial charge in [0.25, 0.3) is 0 Å². The van der Waals surface area contributed by atoms with E-state index in [1.165, 1.54) is 32.1 Å². The summed E-state index contributed by atoms with van der Waals surface area (Å²) in [5.74, 6) is 0.931. The molecule has 2 aliphatic carbocycles. The Morgan fingerprint density at radius 2 is 1.80 bits per heavy atom. The molecule has 3 aliphatic rings. The maximum atomic E-state index is 11.3. The maximum Gasteiger partial charge on any atom is 0.223 e. The summed E-state index contributed by atoms with van der Waals surface area (Å²) in [7, 11) is 0. The van der Waals surface area contributed by atoms with E-state index in [0.29, 0.717) is 12.5 Å². The Morgan fingerprint density at radius 3 is 2.32 bits per heavy atom. The quantitative estimate of drug-likeness (QED) is 0.524. The molecule has 0 radical (unpaired) electrons. The number of carbonyl (C=O) groups excluding carboxylic acids is 2. The van der Waals surface area contributed by atoms with Crippen LogP contribution >= 0.6 is 0 Å². The molecule has 3 rings (SSSR count). The molecule has 2 saturated carbocycles. The third-order valence-corrected chi connectivity index (χ3v) is 5.09. The zero-order chi connectivity index (χ0) is 18.2. The van der Waals surface area contributed by atoms with E-state index in [1.54, 1.807) is 11.0 Å². The molecule has 1 unspecified atom stereocenters. The number of hydrogen-bond acceptors (Lipinski definition) is 4. The van der Waals surface area contributed by atoms with Crippen molar-refractivity contribution in [3.63, 3.8) is 0 Å². The first-order chi connectivity index (χ1) is 12.0. The van der Waals surface area contributed by atoms with E-state index in [-0.39, 0.29) is 17.9 Å². The number of nitrogens with one attached hydrogen (secondary N) is 2. The molecule has 0 spiro atoms. The highest BCUT2D eigenvalue weighted by Crippen LogP contribution is 2.29. The Bertz CT molecular complexity index is 504. The third-order valence-electron chi connectivity index (χ3n) is 5.09. The van der Waals surface area contributed by atoms with Gasteiger partial charge in [0.2, 0.25) is 12.3 Å². The van der Waals surface area contributed by atoms with E-state index in [2.05, 4.69) is 5.32 Å². The molecule has 25 heavy (non-hydrogen) atoms. The summed E-state index contributed by atoms with van der Waals surface area (Å²) < 4.78 is 0. The molecular weight excluding hydrogens is 316 g/mol. The van der Waals surface area contributed by atoms with Crippen LogP contribution in [0.3, 0.4) is 0 Å². The van der Waals surface area contributed by atoms with E-state index in [1.807, 2.05) is 6.92 Å². The van der Waals surface area contributed by atoms with E-state index >= 15 is 0 Å². The predicted molar refractivity (Wildman–Crippen MR) is 99.2 cm³/mol. The summed E-state index contributed by atoms with van der Waals surface area (Å²) in [5, 5.41) is 10.7. The molecule has 0 aromatic carbocycles. The Labute approximate surface area is 150 Å². The number of hydrogen-bond donors (Lipinski definition) is 3. The summed E-state index contributed by atoms with van der Waals surface area (Å²) in [6.45, 7) is 3.30. The number of allylic oxidation sites excluding steroid dienone is 2. The Kier molecular flexibility index (Phi) is 7.47. The highest BCUT2D eigenvalue weighted by molar-refractivity contribution is 5.94. The van der Waals surface area contributed by atoms with Crippen molar-refractivity contribution >= 4 is 18.0 Å². The number of amides is 2. The van der Waals surface area contributed by atoms with Crippen LogP contribution in [-0.2, 0) is 9.59 Å². The van der Waals surface area contributed by atoms with Crippen LogP contribution in [0.1, 0.15) is 58.3 Å². The summed E-state index contributed by atoms with van der Waals surface area (Å²) >= 11 is 0. The first-order valence-corrected chi connectivity index (χ1v) is 9.51. The van der Waals surface area contributed by atoms with Crippen LogP contribution in [0.15, 0.2) is 11.8 Å². The molecule has 0 aromatic rings. The maximum absolute atomic E-state index is 11.3. The summed E-state index contributed by atoms with van der Waals surface area (Å²) in [4.78, 5) is 23.4. The lowest BCUT2D eigenvalue weighted by atomic mass is 9.85. The zero-order valence-electron chi connectivity index (χ0n) is 15.3. The van der Waals surface area contributed by atoms with Gasteiger partial charge < -0.3 is 21.4 Å². The zero-order valence-corrected chi connectivity index (χ0v) is 15.3. The molecule has 1 heterocycles. The fourth-order valence-electron chi connectivity index (χ4n) is 3.44. The highest BCUT2D eigenvalue weighted by atomic mass is 16.2. The van der Waals surface area contributed by atoms with Gasteiger partial charge in [-0.15, -0.1) is 0 Å². The van der Waals surface area contributed by atoms with E-state index in [0.717, 1.165) is 43.6 Å². The summed E-state index contributed by atoms with van der Waals surface area (Å²) in [5.41, 5.74) is 7.01. The molecule has 1 saturated heterocycles. The van der Waals surface area contributed by atoms with Gasteiger partial charge in [0.05, 0.1) is 0 Å². The van der Waals surface area contributed by atoms with E-state index in [9.17, 15) is 9.59 Å². The molecule has 0 aromatic heterocycles. The Hall–Kier alpha value is -1.85. The normalized spacial score (nSPS) is 24.3. The monoisotopic (exact) mass is 348 g/mol. The molecule has 3 fully saturated rings. The molecule has 140 valence electrons. The second kappa shape index (κ2) is 9.59. The van der Waals surface area contributed by atoms with Crippen molar-refractivity contribution in [2.45, 2.75) is 64.3 Å². The molecule has 1 aliphatic heterocycles. The van der Waals surface area contributed by atoms with Crippen molar-refractivity contribution in [2.24, 2.45) is 17.6 Å². The van der Waals surface area contributed by atoms with Gasteiger partial charge in [-0.2, -0.15) is 0 Å². The van der Waals surface area contributed by atoms with Gasteiger partial charge >= 0.3 is 0 Å². The highest BCUT2D eigenvalue weighted by Gasteiger charge is 2.32. The largest absolute Gasteiger partial charge is 0.402 e. The topological polar surface area (TPSA) is 99.3 Å². The molecule has 2 amide bonds. The lowest BCUT2D eigenvalue weighted by Gasteiger charge is -2.20. The molecule has 6 heteroatoms. The van der Waals surface area contributed by atoms with Crippen LogP contribution in [0.25, 0.3) is 0 Å². The minimum Gasteiger partial charge on any atom is -0.402 e. The van der Waals surface area contributed by atoms with Crippen LogP contribution in [0, 0.1) is 17.2 Å². The fourth-order valence-corrected chi connectivity index (χ4v) is 3.44. The van der Waals surface area contributed by atoms with Gasteiger partial charge in [0.1, 0.15) is 0 Å². The number of nitrogens with two attached hydrogens (primary N) is 1. The second-order valence-corrected chi connectivity index (χ2v) is 7.55. The van der Waals surface area contributed by atoms with Crippen molar-refractivity contribution in [3.05, 3.63) is 11.8 Å². The van der Waals surface area contributed by atoms with E-state index in [4.69, 9.17) is 11.1 Å². The number of carbonyl (C=O) groups is 2. The average Bonchev–Trinajstić information content (AvgIpc) is 3.36. The lowest BCUT2D eigenvalue weighted by Crippen LogP contribution is -2.37. The van der Waals surface area contributed by atoms with Crippen LogP contribution in [0.2, 0.25) is 0 Å². The molecule has 6 nitrogen and oxygen atoms in total. The van der Waals surface area contributed by atoms with Crippen LogP contribution in [0.4, 0.5) is 0 Å².